The van der Waals surface area contributed by atoms with Gasteiger partial charge in [-0.1, -0.05) is 13.8 Å². The topological polar surface area (TPSA) is 53.4 Å². The summed E-state index contributed by atoms with van der Waals surface area (Å²) in [6.07, 6.45) is 3.49. The van der Waals surface area contributed by atoms with Crippen LogP contribution in [0, 0.1) is 17.8 Å². The van der Waals surface area contributed by atoms with E-state index in [9.17, 15) is 9.90 Å². The number of nitrogens with zero attached hydrogens (tertiary/aromatic N) is 2. The molecule has 1 aliphatic heterocycles. The van der Waals surface area contributed by atoms with Crippen LogP contribution in [0.4, 0.5) is 5.69 Å². The molecule has 4 nitrogen and oxygen atoms in total. The third-order valence-electron chi connectivity index (χ3n) is 3.57. The highest BCUT2D eigenvalue weighted by Gasteiger charge is 2.39. The normalized spacial score (nSPS) is 24.3. The van der Waals surface area contributed by atoms with E-state index >= 15 is 0 Å². The minimum atomic E-state index is -0.680. The molecule has 1 aliphatic rings. The van der Waals surface area contributed by atoms with E-state index in [1.807, 2.05) is 12.1 Å². The number of aliphatic carboxylic acids is 1. The molecule has 92 valence electrons. The first-order valence-electron chi connectivity index (χ1n) is 5.97. The molecule has 1 N–H and O–H groups in total. The molecule has 2 rings (SSSR count). The monoisotopic (exact) mass is 234 g/mol. The van der Waals surface area contributed by atoms with E-state index in [0.717, 1.165) is 12.2 Å². The third kappa shape index (κ3) is 2.40. The lowest BCUT2D eigenvalue weighted by atomic mass is 9.86. The molecule has 0 unspecified atom stereocenters. The predicted molar refractivity (Wildman–Crippen MR) is 65.9 cm³/mol. The Morgan fingerprint density at radius 2 is 2.06 bits per heavy atom. The zero-order valence-electron chi connectivity index (χ0n) is 10.2. The highest BCUT2D eigenvalue weighted by Crippen LogP contribution is 2.32. The Balaban J connectivity index is 2.17. The Kier molecular flexibility index (Phi) is 3.31. The molecule has 0 aliphatic carbocycles. The summed E-state index contributed by atoms with van der Waals surface area (Å²) in [6, 6.07) is 3.86. The molecule has 2 atom stereocenters. The summed E-state index contributed by atoms with van der Waals surface area (Å²) in [4.78, 5) is 17.4. The Labute approximate surface area is 101 Å². The van der Waals surface area contributed by atoms with E-state index in [1.54, 1.807) is 12.4 Å². The van der Waals surface area contributed by atoms with E-state index in [1.165, 1.54) is 0 Å². The molecule has 2 heterocycles. The smallest absolute Gasteiger partial charge is 0.308 e. The first-order chi connectivity index (χ1) is 8.09. The fourth-order valence-electron chi connectivity index (χ4n) is 2.53. The minimum absolute atomic E-state index is 0.223. The van der Waals surface area contributed by atoms with Gasteiger partial charge in [-0.05, 0) is 24.0 Å². The number of carbonyl (C=O) groups is 1. The second-order valence-electron chi connectivity index (χ2n) is 4.96. The van der Waals surface area contributed by atoms with Gasteiger partial charge in [0.2, 0.25) is 0 Å². The van der Waals surface area contributed by atoms with E-state index in [0.29, 0.717) is 12.5 Å². The first kappa shape index (κ1) is 11.9. The van der Waals surface area contributed by atoms with Gasteiger partial charge in [0, 0.05) is 31.2 Å². The van der Waals surface area contributed by atoms with E-state index in [-0.39, 0.29) is 11.8 Å². The SMILES string of the molecule is CC(C)[C@H]1CN(c2ccncc2)C[C@@H]1C(=O)O. The number of pyridine rings is 1. The van der Waals surface area contributed by atoms with Crippen LogP contribution in [-0.2, 0) is 4.79 Å². The van der Waals surface area contributed by atoms with Crippen molar-refractivity contribution in [2.75, 3.05) is 18.0 Å². The molecule has 0 saturated carbocycles. The van der Waals surface area contributed by atoms with Gasteiger partial charge >= 0.3 is 5.97 Å². The van der Waals surface area contributed by atoms with Crippen LogP contribution in [0.3, 0.4) is 0 Å². The summed E-state index contributed by atoms with van der Waals surface area (Å²) >= 11 is 0. The lowest BCUT2D eigenvalue weighted by Crippen LogP contribution is -2.25. The Morgan fingerprint density at radius 3 is 2.53 bits per heavy atom. The average molecular weight is 234 g/mol. The van der Waals surface area contributed by atoms with Crippen LogP contribution >= 0.6 is 0 Å². The number of carboxylic acids is 1. The third-order valence-corrected chi connectivity index (χ3v) is 3.57. The van der Waals surface area contributed by atoms with Gasteiger partial charge in [-0.15, -0.1) is 0 Å². The highest BCUT2D eigenvalue weighted by atomic mass is 16.4. The van der Waals surface area contributed by atoms with Crippen LogP contribution in [0.2, 0.25) is 0 Å². The van der Waals surface area contributed by atoms with E-state index in [2.05, 4.69) is 23.7 Å². The highest BCUT2D eigenvalue weighted by molar-refractivity contribution is 5.72. The van der Waals surface area contributed by atoms with Crippen LogP contribution in [0.5, 0.6) is 0 Å². The van der Waals surface area contributed by atoms with E-state index in [4.69, 9.17) is 0 Å². The number of hydrogen-bond donors (Lipinski definition) is 1. The first-order valence-corrected chi connectivity index (χ1v) is 5.97. The molecule has 1 saturated heterocycles. The maximum atomic E-state index is 11.3. The van der Waals surface area contributed by atoms with Gasteiger partial charge in [-0.2, -0.15) is 0 Å². The van der Waals surface area contributed by atoms with E-state index < -0.39 is 5.97 Å². The van der Waals surface area contributed by atoms with Crippen molar-refractivity contribution in [2.45, 2.75) is 13.8 Å². The molecule has 0 bridgehead atoms. The second kappa shape index (κ2) is 4.73. The molecule has 1 aromatic heterocycles. The lowest BCUT2D eigenvalue weighted by molar-refractivity contribution is -0.142. The summed E-state index contributed by atoms with van der Waals surface area (Å²) in [5.74, 6) is -0.327. The molecule has 4 heteroatoms. The van der Waals surface area contributed by atoms with Crippen LogP contribution in [0.25, 0.3) is 0 Å². The lowest BCUT2D eigenvalue weighted by Gasteiger charge is -2.19. The van der Waals surface area contributed by atoms with Gasteiger partial charge in [0.15, 0.2) is 0 Å². The molecule has 17 heavy (non-hydrogen) atoms. The van der Waals surface area contributed by atoms with Crippen molar-refractivity contribution < 1.29 is 9.90 Å². The van der Waals surface area contributed by atoms with Crippen LogP contribution < -0.4 is 4.90 Å². The van der Waals surface area contributed by atoms with Gasteiger partial charge < -0.3 is 10.0 Å². The van der Waals surface area contributed by atoms with Gasteiger partial charge in [0.25, 0.3) is 0 Å². The van der Waals surface area contributed by atoms with Crippen LogP contribution in [-0.4, -0.2) is 29.1 Å². The van der Waals surface area contributed by atoms with Crippen LogP contribution in [0.1, 0.15) is 13.8 Å². The van der Waals surface area contributed by atoms with Crippen molar-refractivity contribution >= 4 is 11.7 Å². The number of anilines is 1. The van der Waals surface area contributed by atoms with Crippen molar-refractivity contribution in [1.29, 1.82) is 0 Å². The van der Waals surface area contributed by atoms with Gasteiger partial charge in [-0.25, -0.2) is 0 Å². The molecule has 1 fully saturated rings. The molecular weight excluding hydrogens is 216 g/mol. The predicted octanol–water partition coefficient (Wildman–Crippen LogP) is 1.87. The maximum Gasteiger partial charge on any atom is 0.308 e. The number of aromatic nitrogens is 1. The number of hydrogen-bond acceptors (Lipinski definition) is 3. The Morgan fingerprint density at radius 1 is 1.41 bits per heavy atom. The van der Waals surface area contributed by atoms with Gasteiger partial charge in [0.05, 0.1) is 5.92 Å². The summed E-state index contributed by atoms with van der Waals surface area (Å²) < 4.78 is 0. The minimum Gasteiger partial charge on any atom is -0.481 e. The van der Waals surface area contributed by atoms with Crippen molar-refractivity contribution in [3.8, 4) is 0 Å². The summed E-state index contributed by atoms with van der Waals surface area (Å²) in [5.41, 5.74) is 1.06. The molecule has 0 aromatic carbocycles. The summed E-state index contributed by atoms with van der Waals surface area (Å²) in [5, 5.41) is 9.26. The molecule has 0 amide bonds. The molecule has 0 radical (unpaired) electrons. The van der Waals surface area contributed by atoms with Crippen molar-refractivity contribution in [3.63, 3.8) is 0 Å². The van der Waals surface area contributed by atoms with Gasteiger partial charge in [-0.3, -0.25) is 9.78 Å². The van der Waals surface area contributed by atoms with Gasteiger partial charge in [0.1, 0.15) is 0 Å². The quantitative estimate of drug-likeness (QED) is 0.867. The van der Waals surface area contributed by atoms with Crippen molar-refractivity contribution in [2.24, 2.45) is 17.8 Å². The molecular formula is C13H18N2O2. The Hall–Kier alpha value is -1.58. The number of carboxylic acid groups (broad SMARTS) is 1. The largest absolute Gasteiger partial charge is 0.481 e. The molecule has 0 spiro atoms. The Bertz CT molecular complexity index is 392. The zero-order valence-corrected chi connectivity index (χ0v) is 10.2. The van der Waals surface area contributed by atoms with Crippen molar-refractivity contribution in [1.82, 2.24) is 4.98 Å². The van der Waals surface area contributed by atoms with Crippen molar-refractivity contribution in [3.05, 3.63) is 24.5 Å². The van der Waals surface area contributed by atoms with Crippen LogP contribution in [0.15, 0.2) is 24.5 Å². The second-order valence-corrected chi connectivity index (χ2v) is 4.96. The molecule has 1 aromatic rings. The fourth-order valence-corrected chi connectivity index (χ4v) is 2.53. The zero-order chi connectivity index (χ0) is 12.4. The average Bonchev–Trinajstić information content (AvgIpc) is 2.75. The maximum absolute atomic E-state index is 11.3. The summed E-state index contributed by atoms with van der Waals surface area (Å²) in [6.45, 7) is 5.61. The standard InChI is InChI=1S/C13H18N2O2/c1-9(2)11-7-15(8-12(11)13(16)17)10-3-5-14-6-4-10/h3-6,9,11-12H,7-8H2,1-2H3,(H,16,17)/t11-,12+/m1/s1. The number of rotatable bonds is 3. The fraction of sp³-hybridized carbons (Fsp3) is 0.538. The summed E-state index contributed by atoms with van der Waals surface area (Å²) in [7, 11) is 0.